The standard InChI is InChI=1S/C10H12O5S/c1-2-9(10(11)12)15-16(13,14)8-6-4-3-5-7-8/h3-7,9H,2H2,1H3,(H,11,12). The van der Waals surface area contributed by atoms with Crippen molar-refractivity contribution in [2.24, 2.45) is 0 Å². The van der Waals surface area contributed by atoms with E-state index < -0.39 is 22.2 Å². The maximum absolute atomic E-state index is 11.6. The highest BCUT2D eigenvalue weighted by Crippen LogP contribution is 2.14. The lowest BCUT2D eigenvalue weighted by atomic mass is 10.3. The van der Waals surface area contributed by atoms with Crippen LogP contribution in [0.5, 0.6) is 0 Å². The number of carboxylic acid groups (broad SMARTS) is 1. The molecular weight excluding hydrogens is 232 g/mol. The predicted molar refractivity (Wildman–Crippen MR) is 56.4 cm³/mol. The van der Waals surface area contributed by atoms with E-state index in [9.17, 15) is 13.2 Å². The van der Waals surface area contributed by atoms with Crippen molar-refractivity contribution in [2.45, 2.75) is 24.3 Å². The van der Waals surface area contributed by atoms with Crippen molar-refractivity contribution in [3.05, 3.63) is 30.3 Å². The quantitative estimate of drug-likeness (QED) is 0.788. The topological polar surface area (TPSA) is 80.7 Å². The third-order valence-corrected chi connectivity index (χ3v) is 3.26. The Morgan fingerprint density at radius 2 is 1.94 bits per heavy atom. The maximum atomic E-state index is 11.6. The van der Waals surface area contributed by atoms with Crippen molar-refractivity contribution in [2.75, 3.05) is 0 Å². The van der Waals surface area contributed by atoms with Gasteiger partial charge in [-0.3, -0.25) is 4.18 Å². The van der Waals surface area contributed by atoms with E-state index in [1.165, 1.54) is 24.3 Å². The first-order valence-corrected chi connectivity index (χ1v) is 6.09. The monoisotopic (exact) mass is 244 g/mol. The number of aliphatic carboxylic acids is 1. The largest absolute Gasteiger partial charge is 0.479 e. The van der Waals surface area contributed by atoms with Gasteiger partial charge < -0.3 is 5.11 Å². The molecule has 0 saturated heterocycles. The van der Waals surface area contributed by atoms with Crippen LogP contribution in [0.25, 0.3) is 0 Å². The molecule has 0 aromatic heterocycles. The van der Waals surface area contributed by atoms with Crippen LogP contribution in [-0.2, 0) is 19.1 Å². The fourth-order valence-electron chi connectivity index (χ4n) is 1.08. The summed E-state index contributed by atoms with van der Waals surface area (Å²) < 4.78 is 27.8. The van der Waals surface area contributed by atoms with E-state index in [4.69, 9.17) is 5.11 Å². The van der Waals surface area contributed by atoms with E-state index in [1.54, 1.807) is 13.0 Å². The first kappa shape index (κ1) is 12.7. The van der Waals surface area contributed by atoms with E-state index in [2.05, 4.69) is 4.18 Å². The third-order valence-electron chi connectivity index (χ3n) is 1.92. The molecule has 0 amide bonds. The molecule has 5 nitrogen and oxygen atoms in total. The molecule has 1 atom stereocenters. The van der Waals surface area contributed by atoms with Gasteiger partial charge in [0.15, 0.2) is 6.10 Å². The van der Waals surface area contributed by atoms with Crippen molar-refractivity contribution < 1.29 is 22.5 Å². The molecule has 1 aromatic rings. The Kier molecular flexibility index (Phi) is 4.03. The molecule has 0 spiro atoms. The van der Waals surface area contributed by atoms with E-state index in [1.807, 2.05) is 0 Å². The van der Waals surface area contributed by atoms with E-state index in [0.29, 0.717) is 0 Å². The molecule has 0 aliphatic heterocycles. The van der Waals surface area contributed by atoms with Crippen molar-refractivity contribution >= 4 is 16.1 Å². The summed E-state index contributed by atoms with van der Waals surface area (Å²) in [4.78, 5) is 10.6. The summed E-state index contributed by atoms with van der Waals surface area (Å²) in [7, 11) is -4.00. The van der Waals surface area contributed by atoms with Gasteiger partial charge in [0, 0.05) is 0 Å². The van der Waals surface area contributed by atoms with Crippen molar-refractivity contribution in [3.63, 3.8) is 0 Å². The van der Waals surface area contributed by atoms with Crippen molar-refractivity contribution in [1.29, 1.82) is 0 Å². The summed E-state index contributed by atoms with van der Waals surface area (Å²) in [5.74, 6) is -1.29. The van der Waals surface area contributed by atoms with Crippen LogP contribution in [0.15, 0.2) is 35.2 Å². The number of hydrogen-bond acceptors (Lipinski definition) is 4. The number of carbonyl (C=O) groups is 1. The molecule has 0 aliphatic carbocycles. The SMILES string of the molecule is CCC(OS(=O)(=O)c1ccccc1)C(=O)O. The minimum atomic E-state index is -4.00. The molecule has 0 fully saturated rings. The van der Waals surface area contributed by atoms with Crippen LogP contribution >= 0.6 is 0 Å². The summed E-state index contributed by atoms with van der Waals surface area (Å²) in [6, 6.07) is 7.44. The second-order valence-corrected chi connectivity index (χ2v) is 4.67. The Morgan fingerprint density at radius 1 is 1.38 bits per heavy atom. The Hall–Kier alpha value is -1.40. The van der Waals surface area contributed by atoms with Crippen LogP contribution in [0.4, 0.5) is 0 Å². The molecule has 1 rings (SSSR count). The highest BCUT2D eigenvalue weighted by molar-refractivity contribution is 7.86. The highest BCUT2D eigenvalue weighted by atomic mass is 32.2. The molecular formula is C10H12O5S. The van der Waals surface area contributed by atoms with Gasteiger partial charge in [0.1, 0.15) is 0 Å². The second-order valence-electron chi connectivity index (χ2n) is 3.10. The van der Waals surface area contributed by atoms with Gasteiger partial charge in [0.05, 0.1) is 4.90 Å². The first-order chi connectivity index (χ1) is 7.47. The summed E-state index contributed by atoms with van der Waals surface area (Å²) in [5.41, 5.74) is 0. The van der Waals surface area contributed by atoms with Gasteiger partial charge in [-0.15, -0.1) is 0 Å². The number of benzene rings is 1. The summed E-state index contributed by atoms with van der Waals surface area (Å²) >= 11 is 0. The lowest BCUT2D eigenvalue weighted by Gasteiger charge is -2.11. The normalized spacial score (nSPS) is 13.3. The Labute approximate surface area is 93.8 Å². The zero-order chi connectivity index (χ0) is 12.2. The van der Waals surface area contributed by atoms with Gasteiger partial charge in [-0.05, 0) is 18.6 Å². The molecule has 0 radical (unpaired) electrons. The molecule has 0 bridgehead atoms. The number of hydrogen-bond donors (Lipinski definition) is 1. The van der Waals surface area contributed by atoms with E-state index in [0.717, 1.165) is 0 Å². The minimum Gasteiger partial charge on any atom is -0.479 e. The molecule has 0 saturated carbocycles. The molecule has 0 heterocycles. The fourth-order valence-corrected chi connectivity index (χ4v) is 2.21. The Balaban J connectivity index is 2.92. The molecule has 6 heteroatoms. The van der Waals surface area contributed by atoms with Gasteiger partial charge in [0.25, 0.3) is 10.1 Å². The van der Waals surface area contributed by atoms with Crippen LogP contribution in [0.2, 0.25) is 0 Å². The fraction of sp³-hybridized carbons (Fsp3) is 0.300. The second kappa shape index (κ2) is 5.09. The van der Waals surface area contributed by atoms with E-state index in [-0.39, 0.29) is 11.3 Å². The summed E-state index contributed by atoms with van der Waals surface area (Å²) in [5, 5.41) is 8.69. The van der Waals surface area contributed by atoms with Gasteiger partial charge in [0.2, 0.25) is 0 Å². The zero-order valence-corrected chi connectivity index (χ0v) is 9.48. The molecule has 88 valence electrons. The Morgan fingerprint density at radius 3 is 2.38 bits per heavy atom. The molecule has 0 aliphatic rings. The van der Waals surface area contributed by atoms with Gasteiger partial charge in [-0.1, -0.05) is 25.1 Å². The minimum absolute atomic E-state index is 0.0466. The predicted octanol–water partition coefficient (Wildman–Crippen LogP) is 1.26. The van der Waals surface area contributed by atoms with Crippen LogP contribution in [0, 0.1) is 0 Å². The molecule has 1 unspecified atom stereocenters. The van der Waals surface area contributed by atoms with Crippen molar-refractivity contribution in [1.82, 2.24) is 0 Å². The smallest absolute Gasteiger partial charge is 0.334 e. The third kappa shape index (κ3) is 3.04. The maximum Gasteiger partial charge on any atom is 0.334 e. The van der Waals surface area contributed by atoms with E-state index >= 15 is 0 Å². The van der Waals surface area contributed by atoms with Crippen LogP contribution in [0.1, 0.15) is 13.3 Å². The lowest BCUT2D eigenvalue weighted by Crippen LogP contribution is -2.26. The average molecular weight is 244 g/mol. The number of rotatable bonds is 5. The van der Waals surface area contributed by atoms with Gasteiger partial charge in [-0.25, -0.2) is 4.79 Å². The van der Waals surface area contributed by atoms with Gasteiger partial charge in [-0.2, -0.15) is 8.42 Å². The van der Waals surface area contributed by atoms with Gasteiger partial charge >= 0.3 is 5.97 Å². The summed E-state index contributed by atoms with van der Waals surface area (Å²) in [6.45, 7) is 1.54. The first-order valence-electron chi connectivity index (χ1n) is 4.68. The summed E-state index contributed by atoms with van der Waals surface area (Å²) in [6.07, 6.45) is -1.26. The van der Waals surface area contributed by atoms with Crippen LogP contribution in [0.3, 0.4) is 0 Å². The number of carboxylic acids is 1. The Bertz CT molecular complexity index is 451. The molecule has 1 aromatic carbocycles. The lowest BCUT2D eigenvalue weighted by molar-refractivity contribution is -0.145. The van der Waals surface area contributed by atoms with Crippen molar-refractivity contribution in [3.8, 4) is 0 Å². The molecule has 1 N–H and O–H groups in total. The highest BCUT2D eigenvalue weighted by Gasteiger charge is 2.25. The van der Waals surface area contributed by atoms with Crippen LogP contribution < -0.4 is 0 Å². The molecule has 16 heavy (non-hydrogen) atoms. The average Bonchev–Trinajstić information content (AvgIpc) is 2.27. The van der Waals surface area contributed by atoms with Crippen LogP contribution in [-0.4, -0.2) is 25.6 Å². The zero-order valence-electron chi connectivity index (χ0n) is 8.66.